The molecule has 0 atom stereocenters. The van der Waals surface area contributed by atoms with E-state index in [0.29, 0.717) is 0 Å². The summed E-state index contributed by atoms with van der Waals surface area (Å²) < 4.78 is 2.02. The fourth-order valence-corrected chi connectivity index (χ4v) is 1.73. The monoisotopic (exact) mass is 246 g/mol. The van der Waals surface area contributed by atoms with Crippen molar-refractivity contribution in [3.8, 4) is 0 Å². The van der Waals surface area contributed by atoms with Crippen LogP contribution in [0, 0.1) is 0 Å². The maximum atomic E-state index is 3.20. The summed E-state index contributed by atoms with van der Waals surface area (Å²) in [6.45, 7) is 0.957. The average molecular weight is 246 g/mol. The zero-order chi connectivity index (χ0) is 6.97. The molecule has 52 valence electrons. The molecule has 2 rings (SSSR count). The van der Waals surface area contributed by atoms with Gasteiger partial charge in [-0.3, -0.25) is 0 Å². The zero-order valence-electron chi connectivity index (χ0n) is 5.34. The Bertz CT molecular complexity index is 249. The van der Waals surface area contributed by atoms with Crippen LogP contribution in [0.2, 0.25) is 0 Å². The Morgan fingerprint density at radius 3 is 3.00 bits per heavy atom. The second kappa shape index (κ2) is 2.39. The van der Waals surface area contributed by atoms with Crippen LogP contribution >= 0.6 is 22.9 Å². The molecule has 0 aliphatic carbocycles. The van der Waals surface area contributed by atoms with Crippen molar-refractivity contribution in [2.45, 2.75) is 6.54 Å². The van der Waals surface area contributed by atoms with Gasteiger partial charge in [0.15, 0.2) is 0 Å². The van der Waals surface area contributed by atoms with E-state index in [1.54, 1.807) is 0 Å². The Morgan fingerprint density at radius 1 is 1.40 bits per heavy atom. The molecule has 1 aromatic rings. The van der Waals surface area contributed by atoms with Crippen molar-refractivity contribution < 1.29 is 0 Å². The lowest BCUT2D eigenvalue weighted by Gasteiger charge is -2.06. The van der Waals surface area contributed by atoms with Crippen molar-refractivity contribution in [3.63, 3.8) is 0 Å². The second-order valence-electron chi connectivity index (χ2n) is 2.24. The van der Waals surface area contributed by atoms with Gasteiger partial charge in [-0.15, -0.1) is 0 Å². The Balaban J connectivity index is 2.51. The van der Waals surface area contributed by atoms with Gasteiger partial charge in [-0.2, -0.15) is 0 Å². The van der Waals surface area contributed by atoms with Gasteiger partial charge in [-0.1, -0.05) is 18.2 Å². The third-order valence-electron chi connectivity index (χ3n) is 1.61. The van der Waals surface area contributed by atoms with Gasteiger partial charge < -0.3 is 0 Å². The highest BCUT2D eigenvalue weighted by molar-refractivity contribution is 14.1. The highest BCUT2D eigenvalue weighted by Crippen LogP contribution is 2.26. The van der Waals surface area contributed by atoms with Crippen LogP contribution in [0.3, 0.4) is 0 Å². The molecule has 0 aromatic heterocycles. The first kappa shape index (κ1) is 6.42. The normalized spacial score (nSPS) is 15.5. The van der Waals surface area contributed by atoms with Crippen molar-refractivity contribution in [3.05, 3.63) is 29.8 Å². The molecule has 1 N–H and O–H groups in total. The number of anilines is 1. The smallest absolute Gasteiger partial charge is 0.0767 e. The van der Waals surface area contributed by atoms with E-state index < -0.39 is 0 Å². The molecule has 10 heavy (non-hydrogen) atoms. The molecule has 0 saturated heterocycles. The molecule has 0 amide bonds. The van der Waals surface area contributed by atoms with Crippen LogP contribution < -0.4 is 8.65 Å². The fourth-order valence-electron chi connectivity index (χ4n) is 1.09. The predicted octanol–water partition coefficient (Wildman–Crippen LogP) is 1.86. The molecule has 3 heteroatoms. The van der Waals surface area contributed by atoms with Crippen molar-refractivity contribution in [1.29, 1.82) is 0 Å². The van der Waals surface area contributed by atoms with Gasteiger partial charge in [0.05, 0.1) is 28.6 Å². The molecule has 1 aliphatic heterocycles. The SMILES string of the molecule is IN1NCc2ccccc21. The summed E-state index contributed by atoms with van der Waals surface area (Å²) in [5.74, 6) is 0. The van der Waals surface area contributed by atoms with Crippen LogP contribution in [-0.4, -0.2) is 0 Å². The number of hydrogen-bond acceptors (Lipinski definition) is 2. The molecule has 0 radical (unpaired) electrons. The third kappa shape index (κ3) is 0.894. The number of para-hydroxylation sites is 1. The van der Waals surface area contributed by atoms with Crippen LogP contribution in [0.25, 0.3) is 0 Å². The number of rotatable bonds is 0. The highest BCUT2D eigenvalue weighted by atomic mass is 127. The third-order valence-corrected chi connectivity index (χ3v) is 2.47. The first-order chi connectivity index (χ1) is 4.88. The average Bonchev–Trinajstić information content (AvgIpc) is 2.34. The Kier molecular flexibility index (Phi) is 1.54. The summed E-state index contributed by atoms with van der Waals surface area (Å²) in [6, 6.07) is 8.37. The van der Waals surface area contributed by atoms with Crippen molar-refractivity contribution >= 4 is 28.6 Å². The van der Waals surface area contributed by atoms with E-state index >= 15 is 0 Å². The molecule has 0 fully saturated rings. The first-order valence-electron chi connectivity index (χ1n) is 3.15. The van der Waals surface area contributed by atoms with Crippen LogP contribution in [-0.2, 0) is 6.54 Å². The lowest BCUT2D eigenvalue weighted by molar-refractivity contribution is 0.823. The molecule has 2 nitrogen and oxygen atoms in total. The Labute approximate surface area is 73.7 Å². The molecule has 0 bridgehead atoms. The maximum Gasteiger partial charge on any atom is 0.0767 e. The van der Waals surface area contributed by atoms with Crippen LogP contribution in [0.4, 0.5) is 5.69 Å². The summed E-state index contributed by atoms with van der Waals surface area (Å²) in [4.78, 5) is 0. The summed E-state index contributed by atoms with van der Waals surface area (Å²) in [5.41, 5.74) is 5.86. The predicted molar refractivity (Wildman–Crippen MR) is 49.8 cm³/mol. The van der Waals surface area contributed by atoms with E-state index in [0.717, 1.165) is 6.54 Å². The zero-order valence-corrected chi connectivity index (χ0v) is 7.50. The van der Waals surface area contributed by atoms with Crippen molar-refractivity contribution in [1.82, 2.24) is 5.43 Å². The minimum atomic E-state index is 0.957. The maximum absolute atomic E-state index is 3.20. The van der Waals surface area contributed by atoms with Gasteiger partial charge >= 0.3 is 0 Å². The summed E-state index contributed by atoms with van der Waals surface area (Å²) in [7, 11) is 0. The van der Waals surface area contributed by atoms with Gasteiger partial charge in [0, 0.05) is 6.54 Å². The minimum absolute atomic E-state index is 0.957. The molecule has 1 aliphatic rings. The number of fused-ring (bicyclic) bond motifs is 1. The van der Waals surface area contributed by atoms with E-state index in [2.05, 4.69) is 52.6 Å². The second-order valence-corrected chi connectivity index (χ2v) is 3.21. The Morgan fingerprint density at radius 2 is 2.20 bits per heavy atom. The molecule has 0 saturated carbocycles. The topological polar surface area (TPSA) is 15.3 Å². The van der Waals surface area contributed by atoms with Gasteiger partial charge in [0.1, 0.15) is 0 Å². The number of benzene rings is 1. The van der Waals surface area contributed by atoms with Gasteiger partial charge in [0.2, 0.25) is 0 Å². The van der Waals surface area contributed by atoms with Gasteiger partial charge in [0.25, 0.3) is 0 Å². The lowest BCUT2D eigenvalue weighted by atomic mass is 10.2. The summed E-state index contributed by atoms with van der Waals surface area (Å²) >= 11 is 2.25. The quantitative estimate of drug-likeness (QED) is 0.555. The van der Waals surface area contributed by atoms with Gasteiger partial charge in [-0.25, -0.2) is 8.65 Å². The summed E-state index contributed by atoms with van der Waals surface area (Å²) in [5, 5.41) is 0. The fraction of sp³-hybridized carbons (Fsp3) is 0.143. The number of nitrogens with one attached hydrogen (secondary N) is 1. The molecular weight excluding hydrogens is 239 g/mol. The van der Waals surface area contributed by atoms with Crippen molar-refractivity contribution in [2.75, 3.05) is 3.22 Å². The van der Waals surface area contributed by atoms with E-state index in [9.17, 15) is 0 Å². The van der Waals surface area contributed by atoms with Crippen LogP contribution in [0.15, 0.2) is 24.3 Å². The molecule has 1 aromatic carbocycles. The number of hydrazine groups is 1. The van der Waals surface area contributed by atoms with Gasteiger partial charge in [-0.05, 0) is 11.6 Å². The first-order valence-corrected chi connectivity index (χ1v) is 4.12. The largest absolute Gasteiger partial charge is 0.247 e. The van der Waals surface area contributed by atoms with Crippen LogP contribution in [0.5, 0.6) is 0 Å². The van der Waals surface area contributed by atoms with Crippen LogP contribution in [0.1, 0.15) is 5.56 Å². The Hall–Kier alpha value is -0.290. The van der Waals surface area contributed by atoms with E-state index in [4.69, 9.17) is 0 Å². The molecule has 0 spiro atoms. The summed E-state index contributed by atoms with van der Waals surface area (Å²) in [6.07, 6.45) is 0. The number of halogens is 1. The number of hydrogen-bond donors (Lipinski definition) is 1. The molecule has 0 unspecified atom stereocenters. The molecular formula is C7H7IN2. The number of nitrogens with zero attached hydrogens (tertiary/aromatic N) is 1. The van der Waals surface area contributed by atoms with E-state index in [1.165, 1.54) is 11.3 Å². The van der Waals surface area contributed by atoms with Crippen molar-refractivity contribution in [2.24, 2.45) is 0 Å². The minimum Gasteiger partial charge on any atom is -0.247 e. The van der Waals surface area contributed by atoms with E-state index in [-0.39, 0.29) is 0 Å². The lowest BCUT2D eigenvalue weighted by Crippen LogP contribution is -2.19. The highest BCUT2D eigenvalue weighted by Gasteiger charge is 2.13. The standard InChI is InChI=1S/C7H7IN2/c8-10-7-4-2-1-3-6(7)5-9-10/h1-4,9H,5H2. The van der Waals surface area contributed by atoms with E-state index in [1.807, 2.05) is 3.22 Å². The molecule has 1 heterocycles.